The molecule has 0 rings (SSSR count). The molecule has 1 atom stereocenters. The SMILES string of the molecule is C=C(NOCC(O)CN)OCC. The molecule has 0 bridgehead atoms. The van der Waals surface area contributed by atoms with Crippen molar-refractivity contribution in [2.75, 3.05) is 19.8 Å². The number of ether oxygens (including phenoxy) is 1. The molecule has 5 heteroatoms. The molecule has 0 aromatic carbocycles. The number of hydrogen-bond acceptors (Lipinski definition) is 5. The van der Waals surface area contributed by atoms with Gasteiger partial charge >= 0.3 is 0 Å². The van der Waals surface area contributed by atoms with Gasteiger partial charge in [0.05, 0.1) is 12.7 Å². The van der Waals surface area contributed by atoms with Gasteiger partial charge in [-0.2, -0.15) is 0 Å². The number of nitrogens with two attached hydrogens (primary N) is 1. The van der Waals surface area contributed by atoms with Crippen molar-refractivity contribution in [2.45, 2.75) is 13.0 Å². The van der Waals surface area contributed by atoms with Crippen LogP contribution in [0.3, 0.4) is 0 Å². The van der Waals surface area contributed by atoms with Crippen LogP contribution in [0.15, 0.2) is 12.5 Å². The van der Waals surface area contributed by atoms with Crippen molar-refractivity contribution in [1.82, 2.24) is 5.48 Å². The lowest BCUT2D eigenvalue weighted by atomic mass is 10.4. The standard InChI is InChI=1S/C7H16N2O3/c1-3-11-6(2)9-12-5-7(10)4-8/h7,9-10H,2-5,8H2,1H3. The van der Waals surface area contributed by atoms with Gasteiger partial charge in [-0.15, -0.1) is 0 Å². The fraction of sp³-hybridized carbons (Fsp3) is 0.714. The normalized spacial score (nSPS) is 12.2. The van der Waals surface area contributed by atoms with Crippen LogP contribution in [0.4, 0.5) is 0 Å². The van der Waals surface area contributed by atoms with E-state index in [2.05, 4.69) is 12.1 Å². The Balaban J connectivity index is 3.24. The first-order valence-corrected chi connectivity index (χ1v) is 3.78. The zero-order valence-electron chi connectivity index (χ0n) is 7.25. The first-order valence-electron chi connectivity index (χ1n) is 3.78. The maximum Gasteiger partial charge on any atom is 0.203 e. The second-order valence-electron chi connectivity index (χ2n) is 2.16. The third-order valence-corrected chi connectivity index (χ3v) is 1.05. The summed E-state index contributed by atoms with van der Waals surface area (Å²) in [6.45, 7) is 6.14. The van der Waals surface area contributed by atoms with Crippen LogP contribution in [0.5, 0.6) is 0 Å². The Morgan fingerprint density at radius 2 is 2.42 bits per heavy atom. The predicted molar refractivity (Wildman–Crippen MR) is 44.9 cm³/mol. The molecule has 0 saturated carbocycles. The average Bonchev–Trinajstić information content (AvgIpc) is 2.04. The van der Waals surface area contributed by atoms with Gasteiger partial charge in [0.15, 0.2) is 0 Å². The predicted octanol–water partition coefficient (Wildman–Crippen LogP) is -0.665. The fourth-order valence-electron chi connectivity index (χ4n) is 0.490. The fourth-order valence-corrected chi connectivity index (χ4v) is 0.490. The topological polar surface area (TPSA) is 76.7 Å². The van der Waals surface area contributed by atoms with Crippen LogP contribution in [0.2, 0.25) is 0 Å². The highest BCUT2D eigenvalue weighted by Crippen LogP contribution is 1.87. The summed E-state index contributed by atoms with van der Waals surface area (Å²) in [6, 6.07) is 0. The third kappa shape index (κ3) is 5.96. The summed E-state index contributed by atoms with van der Waals surface area (Å²) in [6.07, 6.45) is -0.660. The van der Waals surface area contributed by atoms with Crippen LogP contribution in [0.1, 0.15) is 6.92 Å². The van der Waals surface area contributed by atoms with Gasteiger partial charge in [0.2, 0.25) is 5.88 Å². The average molecular weight is 176 g/mol. The summed E-state index contributed by atoms with van der Waals surface area (Å²) in [5.41, 5.74) is 7.55. The molecule has 0 fully saturated rings. The Labute approximate surface area is 72.1 Å². The van der Waals surface area contributed by atoms with Gasteiger partial charge in [-0.3, -0.25) is 4.84 Å². The molecule has 0 amide bonds. The van der Waals surface area contributed by atoms with Gasteiger partial charge in [-0.05, 0) is 13.5 Å². The van der Waals surface area contributed by atoms with Crippen molar-refractivity contribution in [1.29, 1.82) is 0 Å². The van der Waals surface area contributed by atoms with Gasteiger partial charge in [-0.1, -0.05) is 0 Å². The van der Waals surface area contributed by atoms with Crippen LogP contribution in [0.25, 0.3) is 0 Å². The van der Waals surface area contributed by atoms with E-state index in [0.717, 1.165) is 0 Å². The zero-order valence-corrected chi connectivity index (χ0v) is 7.25. The Bertz CT molecular complexity index is 130. The van der Waals surface area contributed by atoms with E-state index < -0.39 is 6.10 Å². The van der Waals surface area contributed by atoms with Gasteiger partial charge in [-0.25, -0.2) is 5.48 Å². The Morgan fingerprint density at radius 3 is 2.92 bits per heavy atom. The molecule has 5 nitrogen and oxygen atoms in total. The van der Waals surface area contributed by atoms with Crippen molar-refractivity contribution >= 4 is 0 Å². The Kier molecular flexibility index (Phi) is 6.45. The quantitative estimate of drug-likeness (QED) is 0.354. The van der Waals surface area contributed by atoms with E-state index in [4.69, 9.17) is 20.4 Å². The maximum absolute atomic E-state index is 8.94. The molecule has 0 heterocycles. The first-order chi connectivity index (χ1) is 5.70. The second-order valence-corrected chi connectivity index (χ2v) is 2.16. The Hall–Kier alpha value is -0.780. The summed E-state index contributed by atoms with van der Waals surface area (Å²) in [4.78, 5) is 4.80. The largest absolute Gasteiger partial charge is 0.478 e. The first kappa shape index (κ1) is 11.2. The summed E-state index contributed by atoms with van der Waals surface area (Å²) in [5, 5.41) is 8.94. The van der Waals surface area contributed by atoms with Gasteiger partial charge in [0.25, 0.3) is 0 Å². The number of hydroxylamine groups is 1. The molecule has 0 aliphatic rings. The summed E-state index contributed by atoms with van der Waals surface area (Å²) >= 11 is 0. The van der Waals surface area contributed by atoms with Crippen molar-refractivity contribution < 1.29 is 14.7 Å². The highest BCUT2D eigenvalue weighted by Gasteiger charge is 2.00. The van der Waals surface area contributed by atoms with Crippen molar-refractivity contribution in [2.24, 2.45) is 5.73 Å². The third-order valence-electron chi connectivity index (χ3n) is 1.05. The highest BCUT2D eigenvalue weighted by atomic mass is 16.7. The van der Waals surface area contributed by atoms with Crippen molar-refractivity contribution in [3.05, 3.63) is 12.5 Å². The van der Waals surface area contributed by atoms with Crippen LogP contribution in [0, 0.1) is 0 Å². The molecular formula is C7H16N2O3. The number of rotatable bonds is 7. The minimum atomic E-state index is -0.660. The monoisotopic (exact) mass is 176 g/mol. The molecule has 0 saturated heterocycles. The minimum Gasteiger partial charge on any atom is -0.478 e. The van der Waals surface area contributed by atoms with Gasteiger partial charge < -0.3 is 15.6 Å². The van der Waals surface area contributed by atoms with Crippen LogP contribution < -0.4 is 11.2 Å². The molecule has 12 heavy (non-hydrogen) atoms. The summed E-state index contributed by atoms with van der Waals surface area (Å²) in [5.74, 6) is 0.321. The Morgan fingerprint density at radius 1 is 1.75 bits per heavy atom. The van der Waals surface area contributed by atoms with Crippen molar-refractivity contribution in [3.63, 3.8) is 0 Å². The lowest BCUT2D eigenvalue weighted by molar-refractivity contribution is -0.0272. The summed E-state index contributed by atoms with van der Waals surface area (Å²) in [7, 11) is 0. The van der Waals surface area contributed by atoms with E-state index in [1.165, 1.54) is 0 Å². The van der Waals surface area contributed by atoms with E-state index >= 15 is 0 Å². The smallest absolute Gasteiger partial charge is 0.203 e. The molecule has 0 aliphatic heterocycles. The molecule has 72 valence electrons. The number of aliphatic hydroxyl groups excluding tert-OH is 1. The van der Waals surface area contributed by atoms with Gasteiger partial charge in [0.1, 0.15) is 6.61 Å². The highest BCUT2D eigenvalue weighted by molar-refractivity contribution is 4.73. The van der Waals surface area contributed by atoms with E-state index in [1.807, 2.05) is 6.92 Å². The molecule has 0 aromatic rings. The van der Waals surface area contributed by atoms with Crippen LogP contribution in [-0.4, -0.2) is 31.0 Å². The molecule has 0 aliphatic carbocycles. The van der Waals surface area contributed by atoms with Crippen LogP contribution in [-0.2, 0) is 9.57 Å². The molecule has 0 radical (unpaired) electrons. The molecule has 1 unspecified atom stereocenters. The molecular weight excluding hydrogens is 160 g/mol. The number of aliphatic hydroxyl groups is 1. The number of nitrogens with one attached hydrogen (secondary N) is 1. The lowest BCUT2D eigenvalue weighted by Gasteiger charge is -2.11. The second kappa shape index (κ2) is 6.90. The van der Waals surface area contributed by atoms with E-state index in [-0.39, 0.29) is 13.2 Å². The zero-order chi connectivity index (χ0) is 9.40. The van der Waals surface area contributed by atoms with Crippen LogP contribution >= 0.6 is 0 Å². The van der Waals surface area contributed by atoms with E-state index in [0.29, 0.717) is 12.5 Å². The van der Waals surface area contributed by atoms with E-state index in [9.17, 15) is 0 Å². The van der Waals surface area contributed by atoms with Crippen molar-refractivity contribution in [3.8, 4) is 0 Å². The molecule has 0 aromatic heterocycles. The molecule has 4 N–H and O–H groups in total. The molecule has 0 spiro atoms. The lowest BCUT2D eigenvalue weighted by Crippen LogP contribution is -2.29. The minimum absolute atomic E-state index is 0.114. The number of hydrogen-bond donors (Lipinski definition) is 3. The van der Waals surface area contributed by atoms with E-state index in [1.54, 1.807) is 0 Å². The maximum atomic E-state index is 8.94. The van der Waals surface area contributed by atoms with Gasteiger partial charge in [0, 0.05) is 6.54 Å². The summed E-state index contributed by atoms with van der Waals surface area (Å²) < 4.78 is 4.91.